The Labute approximate surface area is 212 Å². The molecule has 2 atom stereocenters. The molecule has 3 aliphatic rings. The van der Waals surface area contributed by atoms with Crippen molar-refractivity contribution in [3.8, 4) is 5.75 Å². The van der Waals surface area contributed by atoms with Gasteiger partial charge in [0.25, 0.3) is 0 Å². The second-order valence-corrected chi connectivity index (χ2v) is 10.9. The van der Waals surface area contributed by atoms with Crippen LogP contribution in [0.4, 0.5) is 10.6 Å². The Morgan fingerprint density at radius 2 is 1.75 bits per heavy atom. The van der Waals surface area contributed by atoms with E-state index in [2.05, 4.69) is 21.9 Å². The zero-order valence-corrected chi connectivity index (χ0v) is 21.6. The Balaban J connectivity index is 1.44. The monoisotopic (exact) mass is 493 g/mol. The molecule has 0 spiro atoms. The molecule has 2 aromatic rings. The average Bonchev–Trinajstić information content (AvgIpc) is 3.53. The van der Waals surface area contributed by atoms with Gasteiger partial charge in [0.15, 0.2) is 0 Å². The van der Waals surface area contributed by atoms with Crippen LogP contribution < -0.4 is 9.64 Å². The van der Waals surface area contributed by atoms with Crippen molar-refractivity contribution in [3.63, 3.8) is 0 Å². The molecule has 2 aliphatic carbocycles. The third-order valence-corrected chi connectivity index (χ3v) is 8.69. The van der Waals surface area contributed by atoms with Crippen LogP contribution in [0.25, 0.3) is 0 Å². The quantitative estimate of drug-likeness (QED) is 0.357. The van der Waals surface area contributed by atoms with Gasteiger partial charge in [0.1, 0.15) is 23.4 Å². The number of fused-ring (bicyclic) bond motifs is 1. The first-order chi connectivity index (χ1) is 17.3. The van der Waals surface area contributed by atoms with Crippen molar-refractivity contribution in [1.29, 1.82) is 0 Å². The van der Waals surface area contributed by atoms with Crippen LogP contribution in [0.3, 0.4) is 0 Å². The summed E-state index contributed by atoms with van der Waals surface area (Å²) >= 11 is 0. The minimum atomic E-state index is -1.31. The number of nitrogens with zero attached hydrogens (tertiary/aromatic N) is 4. The fourth-order valence-corrected chi connectivity index (χ4v) is 6.92. The van der Waals surface area contributed by atoms with Gasteiger partial charge in [0.05, 0.1) is 19.0 Å². The summed E-state index contributed by atoms with van der Waals surface area (Å²) in [7, 11) is 2.16. The lowest BCUT2D eigenvalue weighted by molar-refractivity contribution is -0.893. The lowest BCUT2D eigenvalue weighted by Gasteiger charge is -2.48. The first-order valence-corrected chi connectivity index (χ1v) is 13.3. The third-order valence-electron chi connectivity index (χ3n) is 8.69. The van der Waals surface area contributed by atoms with Gasteiger partial charge in [0, 0.05) is 49.7 Å². The number of quaternary nitrogens is 1. The number of hydrogen-bond donors (Lipinski definition) is 1. The summed E-state index contributed by atoms with van der Waals surface area (Å²) < 4.78 is 5.40. The van der Waals surface area contributed by atoms with Gasteiger partial charge in [-0.25, -0.2) is 19.6 Å². The van der Waals surface area contributed by atoms with E-state index in [0.717, 1.165) is 87.4 Å². The second-order valence-electron chi connectivity index (χ2n) is 10.9. The number of ether oxygens (including phenoxy) is 1. The SMILES string of the molecule is Cc1cc(N2CCC([N+](C)(C(=O)C3CCCC3)[C@@H]3CCc4ccc(OC(=O)O)cc43)CC2)nc(C)n1. The number of rotatable bonds is 5. The van der Waals surface area contributed by atoms with Gasteiger partial charge in [-0.05, 0) is 50.8 Å². The summed E-state index contributed by atoms with van der Waals surface area (Å²) in [5.41, 5.74) is 3.25. The molecule has 1 amide bonds. The summed E-state index contributed by atoms with van der Waals surface area (Å²) in [6.07, 6.45) is 6.51. The molecule has 2 fully saturated rings. The van der Waals surface area contributed by atoms with Gasteiger partial charge < -0.3 is 14.7 Å². The van der Waals surface area contributed by atoms with Crippen LogP contribution >= 0.6 is 0 Å². The fraction of sp³-hybridized carbons (Fsp3) is 0.571. The average molecular weight is 494 g/mol. The van der Waals surface area contributed by atoms with Crippen molar-refractivity contribution < 1.29 is 23.9 Å². The maximum Gasteiger partial charge on any atom is 0.511 e. The van der Waals surface area contributed by atoms with E-state index in [0.29, 0.717) is 16.1 Å². The predicted octanol–water partition coefficient (Wildman–Crippen LogP) is 4.97. The van der Waals surface area contributed by atoms with Crippen molar-refractivity contribution in [2.75, 3.05) is 25.0 Å². The van der Waals surface area contributed by atoms with Gasteiger partial charge in [-0.15, -0.1) is 0 Å². The maximum absolute atomic E-state index is 14.3. The van der Waals surface area contributed by atoms with Crippen molar-refractivity contribution in [2.45, 2.75) is 77.3 Å². The number of carbonyl (C=O) groups is 2. The summed E-state index contributed by atoms with van der Waals surface area (Å²) in [6.45, 7) is 5.64. The Morgan fingerprint density at radius 1 is 1.03 bits per heavy atom. The molecule has 1 aliphatic heterocycles. The van der Waals surface area contributed by atoms with Crippen molar-refractivity contribution in [2.24, 2.45) is 5.92 Å². The van der Waals surface area contributed by atoms with E-state index in [1.165, 1.54) is 5.56 Å². The van der Waals surface area contributed by atoms with Crippen molar-refractivity contribution in [3.05, 3.63) is 46.9 Å². The van der Waals surface area contributed by atoms with E-state index < -0.39 is 6.16 Å². The predicted molar refractivity (Wildman–Crippen MR) is 136 cm³/mol. The van der Waals surface area contributed by atoms with Gasteiger partial charge in [-0.2, -0.15) is 0 Å². The Kier molecular flexibility index (Phi) is 6.72. The van der Waals surface area contributed by atoms with Crippen LogP contribution in [0.1, 0.15) is 73.6 Å². The zero-order chi connectivity index (χ0) is 25.4. The zero-order valence-electron chi connectivity index (χ0n) is 21.6. The molecule has 8 heteroatoms. The highest BCUT2D eigenvalue weighted by atomic mass is 16.7. The van der Waals surface area contributed by atoms with Crippen LogP contribution in [0.15, 0.2) is 24.3 Å². The molecule has 1 aromatic heterocycles. The maximum atomic E-state index is 14.3. The van der Waals surface area contributed by atoms with Gasteiger partial charge in [0.2, 0.25) is 0 Å². The van der Waals surface area contributed by atoms with Crippen LogP contribution in [-0.4, -0.2) is 57.8 Å². The minimum absolute atomic E-state index is 0.0190. The molecule has 1 aromatic carbocycles. The van der Waals surface area contributed by atoms with E-state index in [9.17, 15) is 9.59 Å². The standard InChI is InChI=1S/C28H36N4O4/c1-18-16-26(30-19(2)29-18)31-14-12-22(13-15-31)32(3,27(33)21-6-4-5-7-21)25-11-9-20-8-10-23(17-24(20)25)36-28(34)35/h8,10,16-17,21-22,25H,4-7,9,11-15H2,1-3H3/p+1/t25-,32?/m1/s1. The van der Waals surface area contributed by atoms with E-state index in [-0.39, 0.29) is 18.0 Å². The summed E-state index contributed by atoms with van der Waals surface area (Å²) in [6, 6.07) is 7.83. The van der Waals surface area contributed by atoms with Gasteiger partial charge in [-0.1, -0.05) is 18.9 Å². The Hall–Kier alpha value is -3.00. The number of piperidine rings is 1. The third kappa shape index (κ3) is 4.59. The first-order valence-electron chi connectivity index (χ1n) is 13.3. The Morgan fingerprint density at radius 3 is 2.42 bits per heavy atom. The van der Waals surface area contributed by atoms with E-state index in [1.54, 1.807) is 6.07 Å². The highest BCUT2D eigenvalue weighted by Crippen LogP contribution is 2.46. The molecule has 1 saturated carbocycles. The molecule has 5 rings (SSSR count). The number of benzene rings is 1. The van der Waals surface area contributed by atoms with E-state index in [4.69, 9.17) is 9.84 Å². The lowest BCUT2D eigenvalue weighted by Crippen LogP contribution is -2.62. The normalized spacial score (nSPS) is 22.3. The molecule has 1 saturated heterocycles. The molecule has 192 valence electrons. The number of aromatic nitrogens is 2. The topological polar surface area (TPSA) is 92.6 Å². The number of anilines is 1. The summed E-state index contributed by atoms with van der Waals surface area (Å²) in [4.78, 5) is 36.9. The number of aryl methyl sites for hydroxylation is 3. The molecule has 2 heterocycles. The lowest BCUT2D eigenvalue weighted by atomic mass is 9.91. The molecule has 1 unspecified atom stereocenters. The number of amides is 1. The molecule has 0 radical (unpaired) electrons. The van der Waals surface area contributed by atoms with Crippen LogP contribution in [0.5, 0.6) is 5.75 Å². The van der Waals surface area contributed by atoms with E-state index in [1.807, 2.05) is 32.0 Å². The van der Waals surface area contributed by atoms with Crippen molar-refractivity contribution in [1.82, 2.24) is 9.97 Å². The van der Waals surface area contributed by atoms with Crippen molar-refractivity contribution >= 4 is 17.9 Å². The highest BCUT2D eigenvalue weighted by Gasteiger charge is 2.52. The van der Waals surface area contributed by atoms with Gasteiger partial charge >= 0.3 is 12.1 Å². The van der Waals surface area contributed by atoms with Crippen LogP contribution in [0, 0.1) is 19.8 Å². The highest BCUT2D eigenvalue weighted by molar-refractivity contribution is 5.73. The van der Waals surface area contributed by atoms with E-state index >= 15 is 0 Å². The fourth-order valence-electron chi connectivity index (χ4n) is 6.92. The van der Waals surface area contributed by atoms with Gasteiger partial charge in [-0.3, -0.25) is 4.48 Å². The molecule has 36 heavy (non-hydrogen) atoms. The Bertz CT molecular complexity index is 1130. The molecular formula is C28H37N4O4+. The van der Waals surface area contributed by atoms with Crippen LogP contribution in [-0.2, 0) is 11.2 Å². The largest absolute Gasteiger partial charge is 0.511 e. The smallest absolute Gasteiger partial charge is 0.449 e. The second kappa shape index (κ2) is 9.81. The number of carboxylic acid groups (broad SMARTS) is 1. The summed E-state index contributed by atoms with van der Waals surface area (Å²) in [5, 5.41) is 9.14. The molecule has 8 nitrogen and oxygen atoms in total. The first kappa shape index (κ1) is 24.7. The molecule has 0 bridgehead atoms. The number of hydrogen-bond acceptors (Lipinski definition) is 6. The number of carbonyl (C=O) groups excluding carboxylic acids is 1. The minimum Gasteiger partial charge on any atom is -0.449 e. The molecular weight excluding hydrogens is 456 g/mol. The molecule has 1 N–H and O–H groups in total. The summed E-state index contributed by atoms with van der Waals surface area (Å²) in [5.74, 6) is 2.56. The van der Waals surface area contributed by atoms with Crippen LogP contribution in [0.2, 0.25) is 0 Å².